The first-order valence-corrected chi connectivity index (χ1v) is 9.44. The molecule has 0 aromatic carbocycles. The van der Waals surface area contributed by atoms with Crippen molar-refractivity contribution in [3.8, 4) is 0 Å². The van der Waals surface area contributed by atoms with Crippen molar-refractivity contribution in [3.05, 3.63) is 0 Å². The molecule has 1 atom stereocenters. The molecule has 1 saturated heterocycles. The molecule has 0 aromatic heterocycles. The summed E-state index contributed by atoms with van der Waals surface area (Å²) in [6.07, 6.45) is 5.64. The molecule has 1 N–H and O–H groups in total. The Bertz CT molecular complexity index is 393. The molecule has 1 aliphatic carbocycles. The van der Waals surface area contributed by atoms with Gasteiger partial charge in [0, 0.05) is 25.2 Å². The minimum Gasteiger partial charge on any atom is -0.378 e. The highest BCUT2D eigenvalue weighted by atomic mass is 32.2. The molecule has 5 nitrogen and oxygen atoms in total. The fraction of sp³-hybridized carbons (Fsp3) is 1.00. The lowest BCUT2D eigenvalue weighted by molar-refractivity contribution is 0.0902. The molecule has 0 aromatic rings. The van der Waals surface area contributed by atoms with Crippen LogP contribution in [-0.4, -0.2) is 56.4 Å². The molecule has 0 bridgehead atoms. The highest BCUT2D eigenvalue weighted by Crippen LogP contribution is 2.23. The van der Waals surface area contributed by atoms with Gasteiger partial charge >= 0.3 is 0 Å². The third kappa shape index (κ3) is 4.98. The van der Waals surface area contributed by atoms with E-state index in [1.807, 2.05) is 13.8 Å². The van der Waals surface area contributed by atoms with Gasteiger partial charge in [-0.1, -0.05) is 6.42 Å². The molecule has 118 valence electrons. The Morgan fingerprint density at radius 1 is 1.25 bits per heavy atom. The topological polar surface area (TPSA) is 58.6 Å². The van der Waals surface area contributed by atoms with Crippen LogP contribution in [0.3, 0.4) is 0 Å². The van der Waals surface area contributed by atoms with Gasteiger partial charge in [0.2, 0.25) is 10.0 Å². The molecule has 2 rings (SSSR count). The molecule has 1 unspecified atom stereocenters. The molecule has 0 spiro atoms. The molecule has 1 heterocycles. The second-order valence-electron chi connectivity index (χ2n) is 6.18. The summed E-state index contributed by atoms with van der Waals surface area (Å²) >= 11 is 0. The predicted molar refractivity (Wildman–Crippen MR) is 80.2 cm³/mol. The predicted octanol–water partition coefficient (Wildman–Crippen LogP) is 1.35. The van der Waals surface area contributed by atoms with E-state index in [4.69, 9.17) is 4.74 Å². The number of sulfonamides is 1. The van der Waals surface area contributed by atoms with Gasteiger partial charge in [-0.05, 0) is 39.5 Å². The number of ether oxygens (including phenoxy) is 1. The van der Waals surface area contributed by atoms with E-state index < -0.39 is 10.0 Å². The molecular weight excluding hydrogens is 276 g/mol. The van der Waals surface area contributed by atoms with Crippen LogP contribution in [-0.2, 0) is 14.8 Å². The van der Waals surface area contributed by atoms with Crippen LogP contribution < -0.4 is 5.32 Å². The molecule has 2 aliphatic rings. The second-order valence-corrected chi connectivity index (χ2v) is 8.22. The molecule has 6 heteroatoms. The number of nitrogens with zero attached hydrogens (tertiary/aromatic N) is 1. The van der Waals surface area contributed by atoms with Crippen LogP contribution in [0.4, 0.5) is 0 Å². The van der Waals surface area contributed by atoms with Gasteiger partial charge in [0.15, 0.2) is 0 Å². The first kappa shape index (κ1) is 16.2. The summed E-state index contributed by atoms with van der Waals surface area (Å²) in [7, 11) is -3.19. The van der Waals surface area contributed by atoms with Gasteiger partial charge in [0.25, 0.3) is 0 Å². The van der Waals surface area contributed by atoms with Crippen LogP contribution in [0, 0.1) is 0 Å². The van der Waals surface area contributed by atoms with Crippen LogP contribution in [0.2, 0.25) is 0 Å². The molecule has 20 heavy (non-hydrogen) atoms. The molecule has 0 radical (unpaired) electrons. The molecule has 2 fully saturated rings. The fourth-order valence-corrected chi connectivity index (χ4v) is 4.22. The Balaban J connectivity index is 1.87. The van der Waals surface area contributed by atoms with Gasteiger partial charge in [-0.15, -0.1) is 0 Å². The monoisotopic (exact) mass is 304 g/mol. The van der Waals surface area contributed by atoms with E-state index in [2.05, 4.69) is 5.32 Å². The zero-order valence-electron chi connectivity index (χ0n) is 12.7. The van der Waals surface area contributed by atoms with E-state index in [9.17, 15) is 8.42 Å². The highest BCUT2D eigenvalue weighted by Gasteiger charge is 2.33. The minimum absolute atomic E-state index is 0.0823. The summed E-state index contributed by atoms with van der Waals surface area (Å²) in [5.74, 6) is 0.102. The number of nitrogens with one attached hydrogen (secondary N) is 1. The zero-order valence-corrected chi connectivity index (χ0v) is 13.5. The van der Waals surface area contributed by atoms with E-state index >= 15 is 0 Å². The highest BCUT2D eigenvalue weighted by molar-refractivity contribution is 7.89. The smallest absolute Gasteiger partial charge is 0.216 e. The summed E-state index contributed by atoms with van der Waals surface area (Å²) in [5, 5.41) is 3.47. The van der Waals surface area contributed by atoms with Gasteiger partial charge in [0.05, 0.1) is 18.5 Å². The fourth-order valence-electron chi connectivity index (χ4n) is 2.64. The van der Waals surface area contributed by atoms with Gasteiger partial charge in [-0.2, -0.15) is 4.31 Å². The van der Waals surface area contributed by atoms with E-state index in [1.54, 1.807) is 4.31 Å². The van der Waals surface area contributed by atoms with Gasteiger partial charge in [-0.25, -0.2) is 8.42 Å². The van der Waals surface area contributed by atoms with Crippen molar-refractivity contribution in [3.63, 3.8) is 0 Å². The summed E-state index contributed by atoms with van der Waals surface area (Å²) in [6, 6.07) is 0.763. The zero-order chi connectivity index (χ0) is 14.6. The van der Waals surface area contributed by atoms with E-state index in [0.717, 1.165) is 25.8 Å². The lowest BCUT2D eigenvalue weighted by Crippen LogP contribution is -2.49. The normalized spacial score (nSPS) is 25.2. The third-order valence-electron chi connectivity index (χ3n) is 3.94. The number of hydrogen-bond acceptors (Lipinski definition) is 4. The van der Waals surface area contributed by atoms with E-state index in [-0.39, 0.29) is 17.9 Å². The summed E-state index contributed by atoms with van der Waals surface area (Å²) < 4.78 is 32.0. The van der Waals surface area contributed by atoms with Crippen LogP contribution in [0.15, 0.2) is 0 Å². The van der Waals surface area contributed by atoms with Gasteiger partial charge in [0.1, 0.15) is 0 Å². The molecule has 0 amide bonds. The van der Waals surface area contributed by atoms with Gasteiger partial charge < -0.3 is 10.1 Å². The Hall–Kier alpha value is -0.170. The van der Waals surface area contributed by atoms with Crippen LogP contribution in [0.5, 0.6) is 0 Å². The van der Waals surface area contributed by atoms with Crippen molar-refractivity contribution in [2.45, 2.75) is 64.1 Å². The Morgan fingerprint density at radius 2 is 2.00 bits per heavy atom. The summed E-state index contributed by atoms with van der Waals surface area (Å²) in [6.45, 7) is 5.61. The average molecular weight is 304 g/mol. The van der Waals surface area contributed by atoms with Gasteiger partial charge in [-0.3, -0.25) is 0 Å². The molecular formula is C14H28N2O3S. The second kappa shape index (κ2) is 7.20. The molecule has 1 saturated carbocycles. The van der Waals surface area contributed by atoms with Crippen molar-refractivity contribution in [2.75, 3.05) is 25.4 Å². The first-order valence-electron chi connectivity index (χ1n) is 7.83. The lowest BCUT2D eigenvalue weighted by Gasteiger charge is -2.35. The van der Waals surface area contributed by atoms with Crippen LogP contribution in [0.1, 0.15) is 46.0 Å². The van der Waals surface area contributed by atoms with Crippen molar-refractivity contribution in [2.24, 2.45) is 0 Å². The van der Waals surface area contributed by atoms with E-state index in [1.165, 1.54) is 12.8 Å². The largest absolute Gasteiger partial charge is 0.378 e. The quantitative estimate of drug-likeness (QED) is 0.735. The minimum atomic E-state index is -3.19. The van der Waals surface area contributed by atoms with Crippen LogP contribution >= 0.6 is 0 Å². The molecule has 1 aliphatic heterocycles. The lowest BCUT2D eigenvalue weighted by atomic mass is 10.1. The number of hydrogen-bond donors (Lipinski definition) is 1. The maximum absolute atomic E-state index is 12.5. The van der Waals surface area contributed by atoms with E-state index in [0.29, 0.717) is 19.2 Å². The third-order valence-corrected chi connectivity index (χ3v) is 5.82. The Kier molecular flexibility index (Phi) is 5.84. The Labute approximate surface area is 123 Å². The number of piperidine rings is 1. The average Bonchev–Trinajstić information content (AvgIpc) is 3.20. The Morgan fingerprint density at radius 3 is 2.65 bits per heavy atom. The van der Waals surface area contributed by atoms with Crippen molar-refractivity contribution in [1.29, 1.82) is 0 Å². The standard InChI is InChI=1S/C14H28N2O3S/c1-12(2)19-9-10-20(17,18)16-8-4-3-5-14(16)11-15-13-6-7-13/h12-15H,3-11H2,1-2H3. The van der Waals surface area contributed by atoms with Crippen molar-refractivity contribution < 1.29 is 13.2 Å². The SMILES string of the molecule is CC(C)OCCS(=O)(=O)N1CCCCC1CNC1CC1. The maximum atomic E-state index is 12.5. The summed E-state index contributed by atoms with van der Waals surface area (Å²) in [4.78, 5) is 0. The number of rotatable bonds is 8. The first-order chi connectivity index (χ1) is 9.49. The summed E-state index contributed by atoms with van der Waals surface area (Å²) in [5.41, 5.74) is 0. The van der Waals surface area contributed by atoms with Crippen molar-refractivity contribution in [1.82, 2.24) is 9.62 Å². The maximum Gasteiger partial charge on any atom is 0.216 e. The van der Waals surface area contributed by atoms with Crippen molar-refractivity contribution >= 4 is 10.0 Å². The van der Waals surface area contributed by atoms with Crippen LogP contribution in [0.25, 0.3) is 0 Å².